The number of methoxy groups -OCH3 is 1. The monoisotopic (exact) mass is 422 g/mol. The van der Waals surface area contributed by atoms with Crippen LogP contribution in [-0.4, -0.2) is 41.3 Å². The molecular weight excluding hydrogens is 396 g/mol. The number of ether oxygens (including phenoxy) is 2. The van der Waals surface area contributed by atoms with E-state index in [1.807, 2.05) is 43.3 Å². The summed E-state index contributed by atoms with van der Waals surface area (Å²) in [6.07, 6.45) is 1.03. The van der Waals surface area contributed by atoms with Gasteiger partial charge in [-0.15, -0.1) is 10.2 Å². The van der Waals surface area contributed by atoms with E-state index in [4.69, 9.17) is 9.47 Å². The van der Waals surface area contributed by atoms with Crippen LogP contribution in [0.2, 0.25) is 0 Å². The Morgan fingerprint density at radius 3 is 2.55 bits per heavy atom. The largest absolute Gasteiger partial charge is 0.496 e. The van der Waals surface area contributed by atoms with Crippen molar-refractivity contribution in [1.82, 2.24) is 20.5 Å². The van der Waals surface area contributed by atoms with Gasteiger partial charge in [0.1, 0.15) is 17.2 Å². The summed E-state index contributed by atoms with van der Waals surface area (Å²) in [7, 11) is 1.62. The summed E-state index contributed by atoms with van der Waals surface area (Å²) in [5.41, 5.74) is 1.64. The zero-order chi connectivity index (χ0) is 22.1. The van der Waals surface area contributed by atoms with E-state index >= 15 is 0 Å². The Labute approximate surface area is 180 Å². The molecule has 1 amide bonds. The number of hydrogen-bond donors (Lipinski definition) is 2. The third-order valence-corrected chi connectivity index (χ3v) is 4.70. The molecule has 1 aromatic heterocycles. The molecule has 162 valence electrons. The van der Waals surface area contributed by atoms with Crippen molar-refractivity contribution in [3.05, 3.63) is 70.1 Å². The molecular formula is C23H26N4O4. The van der Waals surface area contributed by atoms with Crippen LogP contribution in [0.15, 0.2) is 53.3 Å². The van der Waals surface area contributed by atoms with Crippen molar-refractivity contribution in [2.75, 3.05) is 20.3 Å². The first-order valence-electron chi connectivity index (χ1n) is 10.2. The van der Waals surface area contributed by atoms with Crippen LogP contribution in [0.4, 0.5) is 0 Å². The first-order chi connectivity index (χ1) is 15.1. The highest BCUT2D eigenvalue weighted by Crippen LogP contribution is 2.18. The Kier molecular flexibility index (Phi) is 7.75. The van der Waals surface area contributed by atoms with Gasteiger partial charge in [-0.1, -0.05) is 18.2 Å². The molecule has 0 bridgehead atoms. The quantitative estimate of drug-likeness (QED) is 0.520. The molecule has 0 fully saturated rings. The van der Waals surface area contributed by atoms with Gasteiger partial charge < -0.3 is 19.8 Å². The van der Waals surface area contributed by atoms with Crippen LogP contribution < -0.4 is 20.3 Å². The summed E-state index contributed by atoms with van der Waals surface area (Å²) in [4.78, 5) is 27.2. The topological polar surface area (TPSA) is 106 Å². The number of aromatic nitrogens is 3. The molecule has 0 saturated carbocycles. The molecule has 0 aliphatic heterocycles. The third kappa shape index (κ3) is 6.15. The van der Waals surface area contributed by atoms with Crippen LogP contribution in [-0.2, 0) is 17.6 Å². The number of carbonyl (C=O) groups is 1. The second-order valence-corrected chi connectivity index (χ2v) is 6.82. The Hall–Kier alpha value is -3.68. The number of hydrogen-bond acceptors (Lipinski definition) is 6. The maximum absolute atomic E-state index is 12.3. The Balaban J connectivity index is 1.51. The summed E-state index contributed by atoms with van der Waals surface area (Å²) in [6, 6.07) is 14.9. The molecule has 0 aliphatic carbocycles. The third-order valence-electron chi connectivity index (χ3n) is 4.70. The number of aryl methyl sites for hydroxylation is 1. The number of nitrogens with one attached hydrogen (secondary N) is 2. The van der Waals surface area contributed by atoms with Gasteiger partial charge in [0.25, 0.3) is 5.56 Å². The predicted molar refractivity (Wildman–Crippen MR) is 117 cm³/mol. The van der Waals surface area contributed by atoms with Crippen molar-refractivity contribution in [1.29, 1.82) is 0 Å². The Bertz CT molecular complexity index is 1060. The minimum absolute atomic E-state index is 0.147. The lowest BCUT2D eigenvalue weighted by atomic mass is 10.1. The highest BCUT2D eigenvalue weighted by atomic mass is 16.5. The molecule has 31 heavy (non-hydrogen) atoms. The highest BCUT2D eigenvalue weighted by molar-refractivity contribution is 5.76. The Morgan fingerprint density at radius 1 is 1.06 bits per heavy atom. The van der Waals surface area contributed by atoms with Crippen LogP contribution in [0.3, 0.4) is 0 Å². The van der Waals surface area contributed by atoms with Crippen LogP contribution >= 0.6 is 0 Å². The fourth-order valence-corrected chi connectivity index (χ4v) is 3.10. The number of amides is 1. The second-order valence-electron chi connectivity index (χ2n) is 6.82. The number of para-hydroxylation sites is 1. The molecule has 8 nitrogen and oxygen atoms in total. The highest BCUT2D eigenvalue weighted by Gasteiger charge is 2.10. The van der Waals surface area contributed by atoms with Gasteiger partial charge in [0, 0.05) is 24.9 Å². The average molecular weight is 422 g/mol. The van der Waals surface area contributed by atoms with Gasteiger partial charge in [-0.3, -0.25) is 9.59 Å². The summed E-state index contributed by atoms with van der Waals surface area (Å²) < 4.78 is 10.7. The maximum Gasteiger partial charge on any atom is 0.273 e. The van der Waals surface area contributed by atoms with Crippen molar-refractivity contribution >= 4 is 5.91 Å². The van der Waals surface area contributed by atoms with E-state index in [0.717, 1.165) is 22.6 Å². The normalized spacial score (nSPS) is 10.5. The minimum Gasteiger partial charge on any atom is -0.496 e. The van der Waals surface area contributed by atoms with Crippen molar-refractivity contribution in [3.8, 4) is 22.9 Å². The molecule has 2 N–H and O–H groups in total. The summed E-state index contributed by atoms with van der Waals surface area (Å²) >= 11 is 0. The van der Waals surface area contributed by atoms with E-state index in [0.29, 0.717) is 25.4 Å². The summed E-state index contributed by atoms with van der Waals surface area (Å²) in [5.74, 6) is 1.77. The number of carbonyl (C=O) groups excluding carboxylic acids is 1. The molecule has 2 aromatic carbocycles. The van der Waals surface area contributed by atoms with Crippen LogP contribution in [0.5, 0.6) is 11.5 Å². The average Bonchev–Trinajstić information content (AvgIpc) is 2.79. The van der Waals surface area contributed by atoms with Crippen molar-refractivity contribution in [2.24, 2.45) is 0 Å². The molecule has 0 radical (unpaired) electrons. The molecule has 0 atom stereocenters. The van der Waals surface area contributed by atoms with Gasteiger partial charge in [-0.25, -0.2) is 0 Å². The van der Waals surface area contributed by atoms with Gasteiger partial charge in [-0.05, 0) is 49.2 Å². The van der Waals surface area contributed by atoms with E-state index in [1.54, 1.807) is 19.2 Å². The maximum atomic E-state index is 12.3. The van der Waals surface area contributed by atoms with Gasteiger partial charge in [0.05, 0.1) is 13.7 Å². The molecule has 0 saturated heterocycles. The second kappa shape index (κ2) is 10.9. The lowest BCUT2D eigenvalue weighted by molar-refractivity contribution is -0.121. The lowest BCUT2D eigenvalue weighted by Gasteiger charge is -2.09. The number of benzene rings is 2. The van der Waals surface area contributed by atoms with E-state index in [2.05, 4.69) is 20.5 Å². The molecule has 8 heteroatoms. The molecule has 0 aliphatic rings. The number of H-pyrrole nitrogens is 1. The van der Waals surface area contributed by atoms with Crippen molar-refractivity contribution in [3.63, 3.8) is 0 Å². The zero-order valence-corrected chi connectivity index (χ0v) is 17.7. The van der Waals surface area contributed by atoms with E-state index < -0.39 is 0 Å². The molecule has 0 unspecified atom stereocenters. The molecule has 3 rings (SSSR count). The number of aromatic amines is 1. The van der Waals surface area contributed by atoms with E-state index in [-0.39, 0.29) is 30.0 Å². The lowest BCUT2D eigenvalue weighted by Crippen LogP contribution is -2.27. The molecule has 1 heterocycles. The van der Waals surface area contributed by atoms with E-state index in [1.165, 1.54) is 0 Å². The van der Waals surface area contributed by atoms with Gasteiger partial charge >= 0.3 is 0 Å². The van der Waals surface area contributed by atoms with Gasteiger partial charge in [0.2, 0.25) is 5.91 Å². The zero-order valence-electron chi connectivity index (χ0n) is 17.7. The number of nitrogens with zero attached hydrogens (tertiary/aromatic N) is 2. The van der Waals surface area contributed by atoms with Crippen molar-refractivity contribution < 1.29 is 14.3 Å². The standard InChI is InChI=1S/C23H26N4O4/c1-3-31-18-10-8-17(9-11-18)22-25-23(29)19(26-27-22)12-13-21(28)24-15-14-16-6-4-5-7-20(16)30-2/h4-11H,3,12-15H2,1-2H3,(H,24,28)(H,25,27,29). The minimum atomic E-state index is -0.347. The summed E-state index contributed by atoms with van der Waals surface area (Å²) in [5, 5.41) is 11.0. The fourth-order valence-electron chi connectivity index (χ4n) is 3.10. The SMILES string of the molecule is CCOc1ccc(-c2nnc(CCC(=O)NCCc3ccccc3OC)c(=O)[nH]2)cc1. The summed E-state index contributed by atoms with van der Waals surface area (Å²) in [6.45, 7) is 2.98. The van der Waals surface area contributed by atoms with Gasteiger partial charge in [0.15, 0.2) is 5.82 Å². The van der Waals surface area contributed by atoms with Gasteiger partial charge in [-0.2, -0.15) is 0 Å². The van der Waals surface area contributed by atoms with Crippen LogP contribution in [0.1, 0.15) is 24.6 Å². The van der Waals surface area contributed by atoms with Crippen LogP contribution in [0, 0.1) is 0 Å². The predicted octanol–water partition coefficient (Wildman–Crippen LogP) is 2.53. The van der Waals surface area contributed by atoms with E-state index in [9.17, 15) is 9.59 Å². The smallest absolute Gasteiger partial charge is 0.273 e. The first kappa shape index (κ1) is 22.0. The molecule has 0 spiro atoms. The van der Waals surface area contributed by atoms with Crippen molar-refractivity contribution in [2.45, 2.75) is 26.2 Å². The fraction of sp³-hybridized carbons (Fsp3) is 0.304. The Morgan fingerprint density at radius 2 is 1.84 bits per heavy atom. The molecule has 3 aromatic rings. The number of rotatable bonds is 10. The van der Waals surface area contributed by atoms with Crippen LogP contribution in [0.25, 0.3) is 11.4 Å². The first-order valence-corrected chi connectivity index (χ1v) is 10.2.